The Hall–Kier alpha value is -4.29. The van der Waals surface area contributed by atoms with E-state index in [0.717, 1.165) is 67.9 Å². The molecule has 0 radical (unpaired) electrons. The minimum Gasteiger partial charge on any atom is -0.371 e. The van der Waals surface area contributed by atoms with Crippen molar-refractivity contribution in [3.8, 4) is 12.1 Å². The van der Waals surface area contributed by atoms with Crippen LogP contribution in [0.15, 0.2) is 60.7 Å². The van der Waals surface area contributed by atoms with E-state index in [-0.39, 0.29) is 5.91 Å². The molecule has 0 spiro atoms. The molecular weight excluding hydrogens is 482 g/mol. The third kappa shape index (κ3) is 5.76. The van der Waals surface area contributed by atoms with Gasteiger partial charge < -0.3 is 14.7 Å². The van der Waals surface area contributed by atoms with Crippen molar-refractivity contribution in [2.45, 2.75) is 33.1 Å². The number of aryl methyl sites for hydroxylation is 2. The summed E-state index contributed by atoms with van der Waals surface area (Å²) in [4.78, 5) is 20.2. The van der Waals surface area contributed by atoms with Crippen molar-refractivity contribution in [3.63, 3.8) is 0 Å². The number of benzene rings is 3. The maximum absolute atomic E-state index is 13.6. The molecule has 0 aromatic heterocycles. The summed E-state index contributed by atoms with van der Waals surface area (Å²) in [5.41, 5.74) is 7.83. The van der Waals surface area contributed by atoms with Crippen LogP contribution in [0.4, 0.5) is 11.4 Å². The fourth-order valence-electron chi connectivity index (χ4n) is 5.99. The molecule has 2 saturated heterocycles. The van der Waals surface area contributed by atoms with E-state index in [0.29, 0.717) is 30.1 Å². The lowest BCUT2D eigenvalue weighted by Crippen LogP contribution is -2.49. The molecule has 0 N–H and O–H groups in total. The maximum Gasteiger partial charge on any atom is 0.254 e. The van der Waals surface area contributed by atoms with Gasteiger partial charge in [-0.15, -0.1) is 0 Å². The molecule has 39 heavy (non-hydrogen) atoms. The predicted octanol–water partition coefficient (Wildman–Crippen LogP) is 5.47. The number of hydrogen-bond donors (Lipinski definition) is 0. The van der Waals surface area contributed by atoms with Crippen molar-refractivity contribution in [2.24, 2.45) is 5.92 Å². The van der Waals surface area contributed by atoms with Crippen molar-refractivity contribution in [2.75, 3.05) is 49.1 Å². The van der Waals surface area contributed by atoms with Gasteiger partial charge in [-0.05, 0) is 92.1 Å². The minimum atomic E-state index is 0.106. The first-order valence-corrected chi connectivity index (χ1v) is 13.9. The van der Waals surface area contributed by atoms with Crippen molar-refractivity contribution < 1.29 is 4.79 Å². The molecule has 2 heterocycles. The first-order chi connectivity index (χ1) is 19.0. The molecule has 0 bridgehead atoms. The summed E-state index contributed by atoms with van der Waals surface area (Å²) in [7, 11) is 0. The Balaban J connectivity index is 1.22. The Morgan fingerprint density at radius 2 is 1.56 bits per heavy atom. The van der Waals surface area contributed by atoms with Gasteiger partial charge in [-0.25, -0.2) is 0 Å². The third-order valence-corrected chi connectivity index (χ3v) is 8.31. The molecular formula is C33H35N5O. The molecule has 1 amide bonds. The number of nitrogens with zero attached hydrogens (tertiary/aromatic N) is 5. The van der Waals surface area contributed by atoms with E-state index in [1.54, 1.807) is 0 Å². The standard InChI is InChI=1S/C33H35N5O/c1-24-18-25(2)31(33(39)38-16-14-37(15-17-38)32-9-4-3-7-28(32)23-35)21-29(24)19-26-10-12-36(13-11-26)30-8-5-6-27(20-30)22-34/h3-9,18,20-21,26H,10-17,19H2,1-2H3. The number of carbonyl (C=O) groups excluding carboxylic acids is 1. The second-order valence-electron chi connectivity index (χ2n) is 10.8. The summed E-state index contributed by atoms with van der Waals surface area (Å²) in [6.07, 6.45) is 3.18. The molecule has 2 aliphatic heterocycles. The lowest BCUT2D eigenvalue weighted by molar-refractivity contribution is 0.0746. The SMILES string of the molecule is Cc1cc(C)c(C(=O)N2CCN(c3ccccc3C#N)CC2)cc1CC1CCN(c2cccc(C#N)c2)CC1. The van der Waals surface area contributed by atoms with Gasteiger partial charge in [0.15, 0.2) is 0 Å². The van der Waals surface area contributed by atoms with Crippen LogP contribution in [0.25, 0.3) is 0 Å². The zero-order valence-electron chi connectivity index (χ0n) is 22.9. The van der Waals surface area contributed by atoms with Gasteiger partial charge in [-0.3, -0.25) is 4.79 Å². The highest BCUT2D eigenvalue weighted by atomic mass is 16.2. The van der Waals surface area contributed by atoms with Crippen LogP contribution in [-0.4, -0.2) is 50.1 Å². The van der Waals surface area contributed by atoms with E-state index < -0.39 is 0 Å². The van der Waals surface area contributed by atoms with Gasteiger partial charge in [-0.1, -0.05) is 24.3 Å². The van der Waals surface area contributed by atoms with Gasteiger partial charge in [0.1, 0.15) is 6.07 Å². The minimum absolute atomic E-state index is 0.106. The molecule has 3 aromatic rings. The fraction of sp³-hybridized carbons (Fsp3) is 0.364. The molecule has 0 atom stereocenters. The van der Waals surface area contributed by atoms with Crippen LogP contribution in [0.2, 0.25) is 0 Å². The maximum atomic E-state index is 13.6. The lowest BCUT2D eigenvalue weighted by Gasteiger charge is -2.37. The Labute approximate surface area is 231 Å². The van der Waals surface area contributed by atoms with Gasteiger partial charge in [0.25, 0.3) is 5.91 Å². The number of nitriles is 2. The second kappa shape index (κ2) is 11.6. The van der Waals surface area contributed by atoms with Crippen LogP contribution in [-0.2, 0) is 6.42 Å². The number of para-hydroxylation sites is 1. The highest BCUT2D eigenvalue weighted by Crippen LogP contribution is 2.29. The summed E-state index contributed by atoms with van der Waals surface area (Å²) in [6, 6.07) is 24.4. The van der Waals surface area contributed by atoms with Crippen LogP contribution in [0.5, 0.6) is 0 Å². The number of anilines is 2. The summed E-state index contributed by atoms with van der Waals surface area (Å²) in [5, 5.41) is 18.7. The van der Waals surface area contributed by atoms with E-state index in [1.807, 2.05) is 54.3 Å². The van der Waals surface area contributed by atoms with Gasteiger partial charge >= 0.3 is 0 Å². The predicted molar refractivity (Wildman–Crippen MR) is 155 cm³/mol. The largest absolute Gasteiger partial charge is 0.371 e. The number of rotatable bonds is 5. The number of carbonyl (C=O) groups is 1. The average Bonchev–Trinajstić information content (AvgIpc) is 2.98. The molecule has 0 saturated carbocycles. The average molecular weight is 518 g/mol. The molecule has 3 aromatic carbocycles. The summed E-state index contributed by atoms with van der Waals surface area (Å²) < 4.78 is 0. The second-order valence-corrected chi connectivity index (χ2v) is 10.8. The van der Waals surface area contributed by atoms with E-state index in [2.05, 4.69) is 47.1 Å². The van der Waals surface area contributed by atoms with Crippen LogP contribution >= 0.6 is 0 Å². The Bertz CT molecular complexity index is 1430. The van der Waals surface area contributed by atoms with E-state index in [9.17, 15) is 15.3 Å². The molecule has 198 valence electrons. The molecule has 2 aliphatic rings. The van der Waals surface area contributed by atoms with Crippen molar-refractivity contribution in [1.29, 1.82) is 10.5 Å². The summed E-state index contributed by atoms with van der Waals surface area (Å²) in [6.45, 7) is 8.89. The highest BCUT2D eigenvalue weighted by molar-refractivity contribution is 5.96. The van der Waals surface area contributed by atoms with Crippen molar-refractivity contribution >= 4 is 17.3 Å². The number of piperidine rings is 1. The van der Waals surface area contributed by atoms with Crippen molar-refractivity contribution in [1.82, 2.24) is 4.90 Å². The number of amides is 1. The third-order valence-electron chi connectivity index (χ3n) is 8.31. The zero-order valence-corrected chi connectivity index (χ0v) is 22.9. The van der Waals surface area contributed by atoms with Gasteiger partial charge in [-0.2, -0.15) is 10.5 Å². The van der Waals surface area contributed by atoms with Crippen molar-refractivity contribution in [3.05, 3.63) is 94.0 Å². The molecule has 0 aliphatic carbocycles. The normalized spacial score (nSPS) is 16.1. The Kier molecular flexibility index (Phi) is 7.84. The topological polar surface area (TPSA) is 74.4 Å². The smallest absolute Gasteiger partial charge is 0.254 e. The van der Waals surface area contributed by atoms with E-state index in [1.165, 1.54) is 11.1 Å². The molecule has 5 rings (SSSR count). The van der Waals surface area contributed by atoms with Crippen LogP contribution in [0.3, 0.4) is 0 Å². The van der Waals surface area contributed by atoms with E-state index >= 15 is 0 Å². The quantitative estimate of drug-likeness (QED) is 0.449. The van der Waals surface area contributed by atoms with Crippen LogP contribution in [0, 0.1) is 42.4 Å². The summed E-state index contributed by atoms with van der Waals surface area (Å²) >= 11 is 0. The van der Waals surface area contributed by atoms with E-state index in [4.69, 9.17) is 0 Å². The Morgan fingerprint density at radius 3 is 2.28 bits per heavy atom. The first-order valence-electron chi connectivity index (χ1n) is 13.9. The molecule has 6 heteroatoms. The van der Waals surface area contributed by atoms with Crippen LogP contribution < -0.4 is 9.80 Å². The number of piperazine rings is 1. The fourth-order valence-corrected chi connectivity index (χ4v) is 5.99. The highest BCUT2D eigenvalue weighted by Gasteiger charge is 2.26. The molecule has 6 nitrogen and oxygen atoms in total. The van der Waals surface area contributed by atoms with Gasteiger partial charge in [0, 0.05) is 50.5 Å². The lowest BCUT2D eigenvalue weighted by atomic mass is 9.86. The zero-order chi connectivity index (χ0) is 27.4. The Morgan fingerprint density at radius 1 is 0.821 bits per heavy atom. The van der Waals surface area contributed by atoms with Gasteiger partial charge in [0.05, 0.1) is 22.9 Å². The first kappa shape index (κ1) is 26.3. The number of hydrogen-bond acceptors (Lipinski definition) is 5. The molecule has 2 fully saturated rings. The summed E-state index contributed by atoms with van der Waals surface area (Å²) in [5.74, 6) is 0.683. The molecule has 0 unspecified atom stereocenters. The van der Waals surface area contributed by atoms with Crippen LogP contribution in [0.1, 0.15) is 51.0 Å². The monoisotopic (exact) mass is 517 g/mol. The van der Waals surface area contributed by atoms with Gasteiger partial charge in [0.2, 0.25) is 0 Å².